The van der Waals surface area contributed by atoms with E-state index in [1.807, 2.05) is 78.8 Å². The Morgan fingerprint density at radius 2 is 1.95 bits per heavy atom. The van der Waals surface area contributed by atoms with Crippen molar-refractivity contribution < 1.29 is 23.9 Å². The largest absolute Gasteiger partial charge is 0.434 e. The van der Waals surface area contributed by atoms with Crippen molar-refractivity contribution in [2.75, 3.05) is 34.0 Å². The van der Waals surface area contributed by atoms with Crippen LogP contribution in [0.1, 0.15) is 61.3 Å². The molecule has 0 aliphatic heterocycles. The number of aliphatic imine (C=N–C) groups is 1. The predicted molar refractivity (Wildman–Crippen MR) is 161 cm³/mol. The van der Waals surface area contributed by atoms with Crippen molar-refractivity contribution in [3.8, 4) is 0 Å². The van der Waals surface area contributed by atoms with E-state index in [-0.39, 0.29) is 31.0 Å². The summed E-state index contributed by atoms with van der Waals surface area (Å²) >= 11 is 0. The summed E-state index contributed by atoms with van der Waals surface area (Å²) in [6.45, 7) is 13.6. The average Bonchev–Trinajstić information content (AvgIpc) is 3.70. The molecule has 2 unspecified atom stereocenters. The molecule has 1 saturated carbocycles. The molecular formula is C30H48N6O5. The number of hydrogen-bond acceptors (Lipinski definition) is 7. The Kier molecular flexibility index (Phi) is 12.3. The van der Waals surface area contributed by atoms with Crippen molar-refractivity contribution >= 4 is 23.7 Å². The molecule has 2 aliphatic rings. The summed E-state index contributed by atoms with van der Waals surface area (Å²) in [5.74, 6) is 0.141. The Bertz CT molecular complexity index is 1110. The number of nitrogens with zero attached hydrogens (tertiary/aromatic N) is 2. The van der Waals surface area contributed by atoms with Gasteiger partial charge in [-0.25, -0.2) is 9.79 Å². The van der Waals surface area contributed by atoms with Crippen LogP contribution in [0.25, 0.3) is 0 Å². The van der Waals surface area contributed by atoms with E-state index in [0.29, 0.717) is 18.1 Å². The molecule has 3 amide bonds. The van der Waals surface area contributed by atoms with Crippen LogP contribution in [0.3, 0.4) is 0 Å². The first-order valence-corrected chi connectivity index (χ1v) is 14.0. The molecule has 41 heavy (non-hydrogen) atoms. The van der Waals surface area contributed by atoms with Gasteiger partial charge in [-0.2, -0.15) is 0 Å². The molecule has 11 heteroatoms. The number of alkyl carbamates (subject to hydrolysis) is 1. The standard InChI is InChI=1S/C30H48N6O5/c1-10-25(23-12-11-20(2)15-24(16-23)34-27(38)29(5,6)7)33-21(3)36(22(4)40-9)17-26(37)35-30(13-14-30)18-32-28(39)41-19-31-8/h10-12,15-16,22-23,31H,13-14,17-19H2,1-9H3,(H,32,39)(H,34,38)(H,35,37)/b25-10-,33-21-. The SMILES string of the molecule is C/C=C(\N=C(\C)N(CC(=O)NC1(CNC(=O)OCNC)CC1)C(C)OC)C1C=CC(C)=CC(NC(=O)C(C)(C)C)=C1. The van der Waals surface area contributed by atoms with Gasteiger partial charge in [0, 0.05) is 36.4 Å². The first-order valence-electron chi connectivity index (χ1n) is 14.0. The summed E-state index contributed by atoms with van der Waals surface area (Å²) in [6, 6.07) is 0. The second-order valence-corrected chi connectivity index (χ2v) is 11.5. The summed E-state index contributed by atoms with van der Waals surface area (Å²) in [7, 11) is 3.26. The van der Waals surface area contributed by atoms with E-state index in [1.165, 1.54) is 0 Å². The maximum absolute atomic E-state index is 13.1. The topological polar surface area (TPSA) is 133 Å². The van der Waals surface area contributed by atoms with Crippen LogP contribution in [0.4, 0.5) is 4.79 Å². The maximum Gasteiger partial charge on any atom is 0.408 e. The van der Waals surface area contributed by atoms with Gasteiger partial charge in [0.1, 0.15) is 25.3 Å². The lowest BCUT2D eigenvalue weighted by molar-refractivity contribution is -0.127. The fourth-order valence-corrected chi connectivity index (χ4v) is 4.06. The average molecular weight is 573 g/mol. The highest BCUT2D eigenvalue weighted by molar-refractivity contribution is 5.88. The number of nitrogens with one attached hydrogen (secondary N) is 4. The first-order chi connectivity index (χ1) is 19.2. The van der Waals surface area contributed by atoms with Crippen molar-refractivity contribution in [1.29, 1.82) is 0 Å². The molecule has 0 spiro atoms. The number of ether oxygens (including phenoxy) is 2. The number of carbonyl (C=O) groups is 3. The van der Waals surface area contributed by atoms with E-state index in [4.69, 9.17) is 14.5 Å². The van der Waals surface area contributed by atoms with Gasteiger partial charge in [0.25, 0.3) is 0 Å². The lowest BCUT2D eigenvalue weighted by atomic mass is 9.95. The van der Waals surface area contributed by atoms with E-state index in [9.17, 15) is 14.4 Å². The van der Waals surface area contributed by atoms with Gasteiger partial charge >= 0.3 is 6.09 Å². The molecule has 0 aromatic heterocycles. The van der Waals surface area contributed by atoms with Crippen LogP contribution in [0.5, 0.6) is 0 Å². The molecule has 2 aliphatic carbocycles. The van der Waals surface area contributed by atoms with Gasteiger partial charge in [0.05, 0.1) is 5.54 Å². The molecule has 0 saturated heterocycles. The lowest BCUT2D eigenvalue weighted by Crippen LogP contribution is -2.51. The molecule has 228 valence electrons. The smallest absolute Gasteiger partial charge is 0.408 e. The number of amidine groups is 1. The second kappa shape index (κ2) is 15.0. The van der Waals surface area contributed by atoms with E-state index < -0.39 is 23.3 Å². The fourth-order valence-electron chi connectivity index (χ4n) is 4.06. The zero-order valence-corrected chi connectivity index (χ0v) is 26.0. The zero-order chi connectivity index (χ0) is 30.8. The van der Waals surface area contributed by atoms with Crippen LogP contribution in [-0.4, -0.2) is 74.4 Å². The highest BCUT2D eigenvalue weighted by atomic mass is 16.6. The van der Waals surface area contributed by atoms with Crippen molar-refractivity contribution in [3.05, 3.63) is 47.3 Å². The molecule has 4 N–H and O–H groups in total. The molecule has 0 radical (unpaired) electrons. The Balaban J connectivity index is 2.17. The van der Waals surface area contributed by atoms with Gasteiger partial charge in [-0.3, -0.25) is 14.9 Å². The van der Waals surface area contributed by atoms with Gasteiger partial charge < -0.3 is 30.3 Å². The third-order valence-electron chi connectivity index (χ3n) is 6.86. The number of carbonyl (C=O) groups excluding carboxylic acids is 3. The van der Waals surface area contributed by atoms with Gasteiger partial charge in [-0.05, 0) is 65.3 Å². The van der Waals surface area contributed by atoms with E-state index in [0.717, 1.165) is 24.1 Å². The number of allylic oxidation sites excluding steroid dienone is 5. The molecule has 0 aromatic carbocycles. The monoisotopic (exact) mass is 572 g/mol. The van der Waals surface area contributed by atoms with Crippen molar-refractivity contribution in [2.24, 2.45) is 16.3 Å². The molecule has 0 heterocycles. The minimum atomic E-state index is -0.537. The third-order valence-corrected chi connectivity index (χ3v) is 6.86. The summed E-state index contributed by atoms with van der Waals surface area (Å²) in [6.07, 6.45) is 10.5. The molecule has 0 bridgehead atoms. The molecule has 2 atom stereocenters. The number of rotatable bonds is 12. The van der Waals surface area contributed by atoms with E-state index in [1.54, 1.807) is 19.1 Å². The van der Waals surface area contributed by atoms with Crippen LogP contribution in [0.15, 0.2) is 52.3 Å². The molecular weight excluding hydrogens is 524 g/mol. The molecule has 1 fully saturated rings. The van der Waals surface area contributed by atoms with Crippen molar-refractivity contribution in [2.45, 2.75) is 73.1 Å². The summed E-state index contributed by atoms with van der Waals surface area (Å²) in [4.78, 5) is 44.3. The number of methoxy groups -OCH3 is 1. The van der Waals surface area contributed by atoms with Crippen LogP contribution in [0.2, 0.25) is 0 Å². The molecule has 11 nitrogen and oxygen atoms in total. The molecule has 0 aromatic rings. The van der Waals surface area contributed by atoms with E-state index >= 15 is 0 Å². The van der Waals surface area contributed by atoms with Crippen LogP contribution < -0.4 is 21.3 Å². The summed E-state index contributed by atoms with van der Waals surface area (Å²) in [5.41, 5.74) is 1.48. The number of amides is 3. The van der Waals surface area contributed by atoms with Gasteiger partial charge in [-0.15, -0.1) is 0 Å². The van der Waals surface area contributed by atoms with Crippen LogP contribution >= 0.6 is 0 Å². The fraction of sp³-hybridized carbons (Fsp3) is 0.600. The quantitative estimate of drug-likeness (QED) is 0.160. The highest BCUT2D eigenvalue weighted by Gasteiger charge is 2.44. The summed E-state index contributed by atoms with van der Waals surface area (Å²) in [5, 5.41) is 11.5. The zero-order valence-electron chi connectivity index (χ0n) is 26.0. The van der Waals surface area contributed by atoms with Crippen molar-refractivity contribution in [1.82, 2.24) is 26.2 Å². The highest BCUT2D eigenvalue weighted by Crippen LogP contribution is 2.34. The minimum Gasteiger partial charge on any atom is -0.434 e. The maximum atomic E-state index is 13.1. The third kappa shape index (κ3) is 10.8. The molecule has 2 rings (SSSR count). The van der Waals surface area contributed by atoms with Crippen molar-refractivity contribution in [3.63, 3.8) is 0 Å². The number of hydrogen-bond donors (Lipinski definition) is 4. The van der Waals surface area contributed by atoms with Gasteiger partial charge in [0.15, 0.2) is 0 Å². The second-order valence-electron chi connectivity index (χ2n) is 11.5. The summed E-state index contributed by atoms with van der Waals surface area (Å²) < 4.78 is 10.5. The Hall–Kier alpha value is -3.44. The normalized spacial score (nSPS) is 19.3. The Morgan fingerprint density at radius 3 is 2.51 bits per heavy atom. The van der Waals surface area contributed by atoms with E-state index in [2.05, 4.69) is 21.3 Å². The van der Waals surface area contributed by atoms with Crippen LogP contribution in [-0.2, 0) is 19.1 Å². The first kappa shape index (κ1) is 33.8. The predicted octanol–water partition coefficient (Wildman–Crippen LogP) is 3.33. The Labute approximate surface area is 244 Å². The van der Waals surface area contributed by atoms with Crippen LogP contribution in [0, 0.1) is 11.3 Å². The van der Waals surface area contributed by atoms with Gasteiger partial charge in [0.2, 0.25) is 11.8 Å². The minimum absolute atomic E-state index is 0.0250. The van der Waals surface area contributed by atoms with Gasteiger partial charge in [-0.1, -0.05) is 39.0 Å². The lowest BCUT2D eigenvalue weighted by Gasteiger charge is -2.30. The Morgan fingerprint density at radius 1 is 1.27 bits per heavy atom.